The van der Waals surface area contributed by atoms with Gasteiger partial charge in [0.25, 0.3) is 5.91 Å². The first-order valence-electron chi connectivity index (χ1n) is 5.47. The van der Waals surface area contributed by atoms with Crippen molar-refractivity contribution < 1.29 is 9.59 Å². The number of hydrogen-bond acceptors (Lipinski definition) is 5. The fraction of sp³-hybridized carbons (Fsp3) is 0.500. The van der Waals surface area contributed by atoms with Gasteiger partial charge in [0.1, 0.15) is 0 Å². The van der Waals surface area contributed by atoms with Crippen LogP contribution >= 0.6 is 11.3 Å². The zero-order chi connectivity index (χ0) is 12.0. The largest absolute Gasteiger partial charge is 0.326 e. The van der Waals surface area contributed by atoms with Crippen molar-refractivity contribution in [3.63, 3.8) is 0 Å². The minimum atomic E-state index is -0.644. The number of aromatic nitrogens is 1. The average Bonchev–Trinajstić information content (AvgIpc) is 2.96. The van der Waals surface area contributed by atoms with Crippen LogP contribution in [0.2, 0.25) is 0 Å². The van der Waals surface area contributed by atoms with Gasteiger partial charge in [0.2, 0.25) is 0 Å². The summed E-state index contributed by atoms with van der Waals surface area (Å²) in [5.74, 6) is 0.189. The molecule has 0 aromatic carbocycles. The van der Waals surface area contributed by atoms with E-state index in [-0.39, 0.29) is 12.6 Å². The van der Waals surface area contributed by atoms with Crippen LogP contribution in [0.25, 0.3) is 0 Å². The molecule has 3 amide bonds. The van der Waals surface area contributed by atoms with Crippen molar-refractivity contribution in [3.8, 4) is 0 Å². The summed E-state index contributed by atoms with van der Waals surface area (Å²) in [6, 6.07) is -1.08. The van der Waals surface area contributed by atoms with Crippen LogP contribution in [0.3, 0.4) is 0 Å². The number of carbonyl (C=O) groups is 2. The van der Waals surface area contributed by atoms with Crippen LogP contribution in [0.4, 0.5) is 4.79 Å². The Hall–Kier alpha value is -1.47. The highest BCUT2D eigenvalue weighted by molar-refractivity contribution is 7.09. The van der Waals surface area contributed by atoms with E-state index in [2.05, 4.69) is 10.3 Å². The van der Waals surface area contributed by atoms with Crippen LogP contribution in [0.15, 0.2) is 5.51 Å². The number of urea groups is 1. The minimum absolute atomic E-state index is 0.0177. The van der Waals surface area contributed by atoms with Crippen molar-refractivity contribution in [3.05, 3.63) is 16.1 Å². The summed E-state index contributed by atoms with van der Waals surface area (Å²) >= 11 is 1.55. The lowest BCUT2D eigenvalue weighted by atomic mass is 10.1. The zero-order valence-corrected chi connectivity index (χ0v) is 9.87. The van der Waals surface area contributed by atoms with E-state index in [4.69, 9.17) is 5.73 Å². The second-order valence-electron chi connectivity index (χ2n) is 4.23. The molecular weight excluding hydrogens is 240 g/mol. The first kappa shape index (κ1) is 10.7. The molecular formula is C10H12N4O2S. The van der Waals surface area contributed by atoms with Crippen LogP contribution in [0.1, 0.15) is 35.4 Å². The van der Waals surface area contributed by atoms with E-state index in [1.807, 2.05) is 0 Å². The molecule has 1 aliphatic carbocycles. The maximum absolute atomic E-state index is 11.8. The number of rotatable bonds is 3. The van der Waals surface area contributed by atoms with Crippen LogP contribution in [-0.2, 0) is 4.79 Å². The fourth-order valence-electron chi connectivity index (χ4n) is 2.08. The number of nitrogens with two attached hydrogens (primary N) is 1. The second-order valence-corrected chi connectivity index (χ2v) is 5.11. The van der Waals surface area contributed by atoms with Gasteiger partial charge in [-0.1, -0.05) is 0 Å². The standard InChI is InChI=1S/C10H12N4O2S/c11-3-14-7(9(15)13-10(14)16)6-8(5-1-2-5)17-4-12-6/h4-5,7H,1-3,11H2,(H,13,15,16). The van der Waals surface area contributed by atoms with Crippen molar-refractivity contribution in [1.29, 1.82) is 0 Å². The summed E-state index contributed by atoms with van der Waals surface area (Å²) < 4.78 is 0. The molecule has 6 nitrogen and oxygen atoms in total. The first-order valence-corrected chi connectivity index (χ1v) is 6.35. The number of thiazole rings is 1. The lowest BCUT2D eigenvalue weighted by molar-refractivity contribution is -0.121. The summed E-state index contributed by atoms with van der Waals surface area (Å²) in [5.41, 5.74) is 7.94. The van der Waals surface area contributed by atoms with Crippen LogP contribution < -0.4 is 11.1 Å². The van der Waals surface area contributed by atoms with Crippen LogP contribution in [-0.4, -0.2) is 28.5 Å². The van der Waals surface area contributed by atoms with E-state index in [9.17, 15) is 9.59 Å². The molecule has 2 heterocycles. The fourth-order valence-corrected chi connectivity index (χ4v) is 3.08. The number of hydrogen-bond donors (Lipinski definition) is 2. The van der Waals surface area contributed by atoms with Crippen molar-refractivity contribution in [1.82, 2.24) is 15.2 Å². The normalized spacial score (nSPS) is 24.3. The Balaban J connectivity index is 1.98. The maximum atomic E-state index is 11.8. The van der Waals surface area contributed by atoms with Gasteiger partial charge in [0.05, 0.1) is 17.9 Å². The lowest BCUT2D eigenvalue weighted by Crippen LogP contribution is -2.35. The van der Waals surface area contributed by atoms with Crippen LogP contribution in [0.5, 0.6) is 0 Å². The predicted molar refractivity (Wildman–Crippen MR) is 61.3 cm³/mol. The lowest BCUT2D eigenvalue weighted by Gasteiger charge is -2.18. The number of carbonyl (C=O) groups excluding carboxylic acids is 2. The summed E-state index contributed by atoms with van der Waals surface area (Å²) in [5, 5.41) is 2.28. The van der Waals surface area contributed by atoms with E-state index in [1.54, 1.807) is 16.8 Å². The molecule has 1 aromatic rings. The molecule has 0 bridgehead atoms. The van der Waals surface area contributed by atoms with Crippen LogP contribution in [0, 0.1) is 0 Å². The highest BCUT2D eigenvalue weighted by Gasteiger charge is 2.43. The molecule has 1 saturated carbocycles. The number of amides is 3. The van der Waals surface area contributed by atoms with Gasteiger partial charge in [-0.25, -0.2) is 9.78 Å². The SMILES string of the molecule is NCN1C(=O)NC(=O)C1c1ncsc1C1CC1. The number of nitrogens with zero attached hydrogens (tertiary/aromatic N) is 2. The van der Waals surface area contributed by atoms with E-state index >= 15 is 0 Å². The topological polar surface area (TPSA) is 88.3 Å². The average molecular weight is 252 g/mol. The highest BCUT2D eigenvalue weighted by atomic mass is 32.1. The van der Waals surface area contributed by atoms with Gasteiger partial charge in [0, 0.05) is 4.88 Å². The van der Waals surface area contributed by atoms with E-state index in [0.29, 0.717) is 11.6 Å². The Morgan fingerprint density at radius 1 is 1.53 bits per heavy atom. The molecule has 3 rings (SSSR count). The monoisotopic (exact) mass is 252 g/mol. The maximum Gasteiger partial charge on any atom is 0.326 e. The molecule has 1 unspecified atom stereocenters. The smallest absolute Gasteiger partial charge is 0.314 e. The first-order chi connectivity index (χ1) is 8.22. The second kappa shape index (κ2) is 3.78. The molecule has 17 heavy (non-hydrogen) atoms. The molecule has 2 fully saturated rings. The molecule has 2 aliphatic rings. The Kier molecular flexibility index (Phi) is 2.37. The highest BCUT2D eigenvalue weighted by Crippen LogP contribution is 2.45. The zero-order valence-electron chi connectivity index (χ0n) is 9.05. The van der Waals surface area contributed by atoms with Gasteiger partial charge in [-0.15, -0.1) is 11.3 Å². The molecule has 0 spiro atoms. The van der Waals surface area contributed by atoms with Gasteiger partial charge >= 0.3 is 6.03 Å². The van der Waals surface area contributed by atoms with Crippen molar-refractivity contribution >= 4 is 23.3 Å². The van der Waals surface area contributed by atoms with Crippen molar-refractivity contribution in [2.75, 3.05) is 6.67 Å². The summed E-state index contributed by atoms with van der Waals surface area (Å²) in [6.07, 6.45) is 2.28. The molecule has 3 N–H and O–H groups in total. The third kappa shape index (κ3) is 1.62. The van der Waals surface area contributed by atoms with Gasteiger partial charge in [0.15, 0.2) is 6.04 Å². The quantitative estimate of drug-likeness (QED) is 0.768. The van der Waals surface area contributed by atoms with Crippen molar-refractivity contribution in [2.45, 2.75) is 24.8 Å². The molecule has 1 saturated heterocycles. The molecule has 1 aliphatic heterocycles. The van der Waals surface area contributed by atoms with Gasteiger partial charge < -0.3 is 5.73 Å². The summed E-state index contributed by atoms with van der Waals surface area (Å²) in [6.45, 7) is 0.0177. The molecule has 7 heteroatoms. The summed E-state index contributed by atoms with van der Waals surface area (Å²) in [7, 11) is 0. The number of imide groups is 1. The third-order valence-corrected chi connectivity index (χ3v) is 4.09. The predicted octanol–water partition coefficient (Wildman–Crippen LogP) is 0.530. The third-order valence-electron chi connectivity index (χ3n) is 3.08. The minimum Gasteiger partial charge on any atom is -0.314 e. The van der Waals surface area contributed by atoms with Gasteiger partial charge in [-0.2, -0.15) is 0 Å². The molecule has 90 valence electrons. The Labute approximate surface area is 102 Å². The Morgan fingerprint density at radius 2 is 2.29 bits per heavy atom. The Morgan fingerprint density at radius 3 is 2.94 bits per heavy atom. The number of nitrogens with one attached hydrogen (secondary N) is 1. The van der Waals surface area contributed by atoms with E-state index in [1.165, 1.54) is 4.90 Å². The van der Waals surface area contributed by atoms with E-state index < -0.39 is 12.1 Å². The molecule has 1 aromatic heterocycles. The van der Waals surface area contributed by atoms with E-state index in [0.717, 1.165) is 17.7 Å². The van der Waals surface area contributed by atoms with Gasteiger partial charge in [-0.3, -0.25) is 15.0 Å². The summed E-state index contributed by atoms with van der Waals surface area (Å²) in [4.78, 5) is 30.0. The Bertz CT molecular complexity index is 482. The van der Waals surface area contributed by atoms with Gasteiger partial charge in [-0.05, 0) is 18.8 Å². The molecule has 1 atom stereocenters. The molecule has 0 radical (unpaired) electrons. The van der Waals surface area contributed by atoms with Crippen molar-refractivity contribution in [2.24, 2.45) is 5.73 Å².